The SMILES string of the molecule is CC/C=C\C/C=C\C/C=C\C/C=C\CCCCCCCCCCCCCCCCCCCCCCC(=O)OC(COC(=O)CCCCCCCCCCCCCCCCCCCCCCCCCCCCCCCCCCCCCCCC)COC(OCC[N+](C)(C)C)C(=O)O. The van der Waals surface area contributed by atoms with Gasteiger partial charge < -0.3 is 28.5 Å². The highest BCUT2D eigenvalue weighted by Crippen LogP contribution is 2.21. The van der Waals surface area contributed by atoms with Crippen molar-refractivity contribution >= 4 is 17.9 Å². The molecule has 0 bridgehead atoms. The zero-order chi connectivity index (χ0) is 69.7. The molecule has 0 amide bonds. The topological polar surface area (TPSA) is 108 Å². The normalized spacial score (nSPS) is 12.8. The van der Waals surface area contributed by atoms with E-state index >= 15 is 0 Å². The minimum Gasteiger partial charge on any atom is -0.477 e. The molecule has 9 nitrogen and oxygen atoms in total. The summed E-state index contributed by atoms with van der Waals surface area (Å²) in [5.74, 6) is -1.97. The Morgan fingerprint density at radius 1 is 0.323 bits per heavy atom. The van der Waals surface area contributed by atoms with Crippen molar-refractivity contribution in [3.05, 3.63) is 48.6 Å². The predicted octanol–water partition coefficient (Wildman–Crippen LogP) is 27.2. The van der Waals surface area contributed by atoms with E-state index in [9.17, 15) is 19.5 Å². The smallest absolute Gasteiger partial charge is 0.361 e. The number of quaternary nitrogens is 1. The van der Waals surface area contributed by atoms with E-state index < -0.39 is 18.4 Å². The molecule has 0 aromatic rings. The second kappa shape index (κ2) is 78.0. The Kier molecular flexibility index (Phi) is 75.7. The van der Waals surface area contributed by atoms with E-state index in [1.807, 2.05) is 21.1 Å². The molecule has 0 saturated carbocycles. The average Bonchev–Trinajstić information content (AvgIpc) is 2.40. The van der Waals surface area contributed by atoms with Gasteiger partial charge in [-0.25, -0.2) is 4.79 Å². The Labute approximate surface area is 597 Å². The van der Waals surface area contributed by atoms with Crippen LogP contribution in [0.25, 0.3) is 0 Å². The molecule has 1 N–H and O–H groups in total. The molecule has 0 aromatic heterocycles. The minimum atomic E-state index is -1.51. The van der Waals surface area contributed by atoms with Crippen LogP contribution in [0.5, 0.6) is 0 Å². The first-order valence-corrected chi connectivity index (χ1v) is 42.3. The zero-order valence-corrected chi connectivity index (χ0v) is 64.8. The van der Waals surface area contributed by atoms with Gasteiger partial charge in [0.1, 0.15) is 13.2 Å². The number of unbranched alkanes of at least 4 members (excludes halogenated alkanes) is 57. The summed E-state index contributed by atoms with van der Waals surface area (Å²) in [5, 5.41) is 9.78. The maximum atomic E-state index is 13.0. The van der Waals surface area contributed by atoms with Crippen molar-refractivity contribution < 1.29 is 42.9 Å². The summed E-state index contributed by atoms with van der Waals surface area (Å²) >= 11 is 0. The van der Waals surface area contributed by atoms with Gasteiger partial charge in [-0.2, -0.15) is 0 Å². The van der Waals surface area contributed by atoms with Crippen molar-refractivity contribution in [1.29, 1.82) is 0 Å². The predicted molar refractivity (Wildman–Crippen MR) is 415 cm³/mol. The molecule has 564 valence electrons. The number of carboxylic acids is 1. The van der Waals surface area contributed by atoms with E-state index in [1.54, 1.807) is 0 Å². The highest BCUT2D eigenvalue weighted by Gasteiger charge is 2.25. The number of carboxylic acid groups (broad SMARTS) is 1. The number of ether oxygens (including phenoxy) is 4. The Morgan fingerprint density at radius 3 is 0.885 bits per heavy atom. The van der Waals surface area contributed by atoms with Gasteiger partial charge in [0.05, 0.1) is 34.4 Å². The number of nitrogens with zero attached hydrogens (tertiary/aromatic N) is 1. The number of esters is 2. The summed E-state index contributed by atoms with van der Waals surface area (Å²) in [7, 11) is 6.00. The molecule has 0 spiro atoms. The van der Waals surface area contributed by atoms with Crippen LogP contribution in [0, 0.1) is 0 Å². The number of rotatable bonds is 80. The molecule has 0 radical (unpaired) electrons. The van der Waals surface area contributed by atoms with Crippen LogP contribution < -0.4 is 0 Å². The molecule has 0 aliphatic rings. The molecular weight excluding hydrogens is 1190 g/mol. The van der Waals surface area contributed by atoms with Crippen molar-refractivity contribution in [1.82, 2.24) is 0 Å². The third-order valence-corrected chi connectivity index (χ3v) is 19.3. The molecule has 0 saturated heterocycles. The fraction of sp³-hybridized carbons (Fsp3) is 0.874. The monoisotopic (exact) mass is 1350 g/mol. The lowest BCUT2D eigenvalue weighted by molar-refractivity contribution is -0.870. The highest BCUT2D eigenvalue weighted by atomic mass is 16.7. The van der Waals surface area contributed by atoms with Crippen molar-refractivity contribution in [2.24, 2.45) is 0 Å². The fourth-order valence-corrected chi connectivity index (χ4v) is 13.0. The summed E-state index contributed by atoms with van der Waals surface area (Å²) < 4.78 is 23.1. The largest absolute Gasteiger partial charge is 0.477 e. The van der Waals surface area contributed by atoms with Gasteiger partial charge in [0.25, 0.3) is 6.29 Å². The van der Waals surface area contributed by atoms with E-state index in [4.69, 9.17) is 18.9 Å². The summed E-state index contributed by atoms with van der Waals surface area (Å²) in [5.41, 5.74) is 0. The molecule has 0 aliphatic carbocycles. The summed E-state index contributed by atoms with van der Waals surface area (Å²) in [6, 6.07) is 0. The molecule has 2 atom stereocenters. The third-order valence-electron chi connectivity index (χ3n) is 19.3. The van der Waals surface area contributed by atoms with Gasteiger partial charge >= 0.3 is 17.9 Å². The zero-order valence-electron chi connectivity index (χ0n) is 64.8. The van der Waals surface area contributed by atoms with E-state index in [0.717, 1.165) is 64.2 Å². The lowest BCUT2D eigenvalue weighted by Gasteiger charge is -2.25. The van der Waals surface area contributed by atoms with Gasteiger partial charge in [0.15, 0.2) is 6.10 Å². The highest BCUT2D eigenvalue weighted by molar-refractivity contribution is 5.71. The molecule has 2 unspecified atom stereocenters. The Bertz CT molecular complexity index is 1720. The van der Waals surface area contributed by atoms with Gasteiger partial charge in [-0.1, -0.05) is 416 Å². The van der Waals surface area contributed by atoms with Gasteiger partial charge in [-0.15, -0.1) is 0 Å². The van der Waals surface area contributed by atoms with Crippen molar-refractivity contribution in [3.63, 3.8) is 0 Å². The van der Waals surface area contributed by atoms with E-state index in [0.29, 0.717) is 17.4 Å². The van der Waals surface area contributed by atoms with Crippen LogP contribution in [0.4, 0.5) is 0 Å². The van der Waals surface area contributed by atoms with Gasteiger partial charge in [0, 0.05) is 12.8 Å². The number of allylic oxidation sites excluding steroid dienone is 8. The Hall–Kier alpha value is -2.75. The molecule has 0 aromatic carbocycles. The summed E-state index contributed by atoms with van der Waals surface area (Å²) in [4.78, 5) is 37.8. The van der Waals surface area contributed by atoms with Gasteiger partial charge in [-0.3, -0.25) is 9.59 Å². The lowest BCUT2D eigenvalue weighted by Crippen LogP contribution is -2.40. The molecular formula is C87H164NO8+. The molecule has 0 fully saturated rings. The summed E-state index contributed by atoms with van der Waals surface area (Å²) in [6.45, 7) is 4.85. The van der Waals surface area contributed by atoms with Gasteiger partial charge in [-0.05, 0) is 51.4 Å². The summed E-state index contributed by atoms with van der Waals surface area (Å²) in [6.07, 6.45) is 100. The number of carbonyl (C=O) groups excluding carboxylic acids is 2. The lowest BCUT2D eigenvalue weighted by atomic mass is 10.0. The number of aliphatic carboxylic acids is 1. The second-order valence-corrected chi connectivity index (χ2v) is 30.1. The van der Waals surface area contributed by atoms with Crippen molar-refractivity contribution in [2.45, 2.75) is 444 Å². The maximum absolute atomic E-state index is 13.0. The fourth-order valence-electron chi connectivity index (χ4n) is 13.0. The van der Waals surface area contributed by atoms with Gasteiger partial charge in [0.2, 0.25) is 0 Å². The average molecular weight is 1350 g/mol. The number of carbonyl (C=O) groups is 3. The van der Waals surface area contributed by atoms with Crippen LogP contribution in [0.2, 0.25) is 0 Å². The Balaban J connectivity index is 3.92. The Morgan fingerprint density at radius 2 is 0.594 bits per heavy atom. The quantitative estimate of drug-likeness (QED) is 0.0211. The van der Waals surface area contributed by atoms with Crippen molar-refractivity contribution in [3.8, 4) is 0 Å². The van der Waals surface area contributed by atoms with Crippen LogP contribution >= 0.6 is 0 Å². The first-order valence-electron chi connectivity index (χ1n) is 42.3. The molecule has 0 rings (SSSR count). The molecule has 0 aliphatic heterocycles. The molecule has 0 heterocycles. The standard InChI is InChI=1S/C87H163NO8/c1-6-8-10-12-14-16-18-20-22-24-26-28-30-32-34-36-38-40-41-42-43-44-46-47-49-51-53-55-57-59-61-63-65-67-69-71-73-75-77-84(89)94-81-83(82-95-87(86(91)92)93-80-79-88(3,4)5)96-85(90)78-76-74-72-70-68-66-64-62-60-58-56-54-52-50-48-45-39-37-35-33-31-29-27-25-23-21-19-17-15-13-11-9-7-2/h9,11,15,17,21,23,27,29,83,87H,6-8,10,12-14,16,18-20,22,24-26,28,30-82H2,1-5H3/p+1/b11-9-,17-15-,23-21-,29-27-. The van der Waals surface area contributed by atoms with Crippen LogP contribution in [0.1, 0.15) is 431 Å². The number of hydrogen-bond acceptors (Lipinski definition) is 7. The van der Waals surface area contributed by atoms with Crippen LogP contribution in [0.15, 0.2) is 48.6 Å². The third kappa shape index (κ3) is 78.6. The molecule has 96 heavy (non-hydrogen) atoms. The van der Waals surface area contributed by atoms with E-state index in [2.05, 4.69) is 62.5 Å². The van der Waals surface area contributed by atoms with Crippen LogP contribution in [-0.4, -0.2) is 87.4 Å². The van der Waals surface area contributed by atoms with E-state index in [-0.39, 0.29) is 38.2 Å². The van der Waals surface area contributed by atoms with Crippen LogP contribution in [-0.2, 0) is 33.3 Å². The van der Waals surface area contributed by atoms with Crippen LogP contribution in [0.3, 0.4) is 0 Å². The number of likely N-dealkylation sites (N-methyl/N-ethyl adjacent to an activating group) is 1. The second-order valence-electron chi connectivity index (χ2n) is 30.1. The first kappa shape index (κ1) is 93.2. The minimum absolute atomic E-state index is 0.175. The van der Waals surface area contributed by atoms with E-state index in [1.165, 1.54) is 340 Å². The maximum Gasteiger partial charge on any atom is 0.361 e. The first-order chi connectivity index (χ1) is 47.1. The molecule has 9 heteroatoms. The number of hydrogen-bond donors (Lipinski definition) is 1. The van der Waals surface area contributed by atoms with Crippen molar-refractivity contribution in [2.75, 3.05) is 47.5 Å².